The fourth-order valence-corrected chi connectivity index (χ4v) is 11.2. The Morgan fingerprint density at radius 1 is 0.286 bits per heavy atom. The van der Waals surface area contributed by atoms with Gasteiger partial charge in [-0.05, 0) is 99.8 Å². The molecule has 0 N–H and O–H groups in total. The van der Waals surface area contributed by atoms with Gasteiger partial charge in [-0.25, -0.2) is 9.97 Å². The lowest BCUT2D eigenvalue weighted by Crippen LogP contribution is -1.95. The molecule has 4 nitrogen and oxygen atoms in total. The lowest BCUT2D eigenvalue weighted by atomic mass is 9.99. The van der Waals surface area contributed by atoms with E-state index in [0.717, 1.165) is 60.0 Å². The maximum Gasteiger partial charge on any atom is 0.143 e. The van der Waals surface area contributed by atoms with Crippen LogP contribution in [0.3, 0.4) is 0 Å². The molecule has 63 heavy (non-hydrogen) atoms. The molecule has 4 aromatic heterocycles. The van der Waals surface area contributed by atoms with Crippen molar-refractivity contribution in [3.05, 3.63) is 206 Å². The maximum atomic E-state index is 5.43. The first-order valence-corrected chi connectivity index (χ1v) is 22.2. The largest absolute Gasteiger partial charge is 0.309 e. The number of thiophene rings is 1. The molecule has 0 atom stereocenters. The van der Waals surface area contributed by atoms with Crippen molar-refractivity contribution in [2.45, 2.75) is 0 Å². The first-order valence-electron chi connectivity index (χ1n) is 21.4. The third-order valence-electron chi connectivity index (χ3n) is 13.1. The van der Waals surface area contributed by atoms with Gasteiger partial charge < -0.3 is 9.13 Å². The van der Waals surface area contributed by atoms with Crippen molar-refractivity contribution in [3.8, 4) is 33.6 Å². The lowest BCUT2D eigenvalue weighted by molar-refractivity contribution is 1.18. The smallest absolute Gasteiger partial charge is 0.143 e. The zero-order valence-corrected chi connectivity index (χ0v) is 34.6. The molecule has 0 saturated heterocycles. The third-order valence-corrected chi connectivity index (χ3v) is 14.1. The van der Waals surface area contributed by atoms with E-state index in [1.165, 1.54) is 70.2 Å². The molecule has 4 heterocycles. The second kappa shape index (κ2) is 13.2. The molecule has 5 heteroatoms. The van der Waals surface area contributed by atoms with Gasteiger partial charge in [-0.15, -0.1) is 11.3 Å². The summed E-state index contributed by atoms with van der Waals surface area (Å²) in [6, 6.07) is 75.0. The second-order valence-electron chi connectivity index (χ2n) is 16.5. The molecule has 0 bridgehead atoms. The molecule has 0 amide bonds. The Bertz CT molecular complexity index is 4210. The van der Waals surface area contributed by atoms with E-state index < -0.39 is 0 Å². The molecule has 0 spiro atoms. The summed E-state index contributed by atoms with van der Waals surface area (Å²) < 4.78 is 6.00. The van der Waals surface area contributed by atoms with Crippen LogP contribution in [0.25, 0.3) is 130 Å². The third kappa shape index (κ3) is 5.08. The predicted octanol–water partition coefficient (Wildman–Crippen LogP) is 15.8. The Morgan fingerprint density at radius 2 is 0.794 bits per heavy atom. The minimum atomic E-state index is 0.952. The van der Waals surface area contributed by atoms with E-state index in [0.29, 0.717) is 0 Å². The van der Waals surface area contributed by atoms with Gasteiger partial charge in [-0.3, -0.25) is 0 Å². The lowest BCUT2D eigenvalue weighted by Gasteiger charge is -2.12. The summed E-state index contributed by atoms with van der Waals surface area (Å²) in [7, 11) is 0. The summed E-state index contributed by atoms with van der Waals surface area (Å²) in [4.78, 5) is 11.7. The molecule has 0 radical (unpaired) electrons. The van der Waals surface area contributed by atoms with Crippen LogP contribution in [0, 0.1) is 0 Å². The molecule has 0 unspecified atom stereocenters. The van der Waals surface area contributed by atoms with Crippen molar-refractivity contribution in [1.29, 1.82) is 0 Å². The highest BCUT2D eigenvalue weighted by Crippen LogP contribution is 2.42. The standard InChI is InChI=1S/C58H34N4S/c1-2-14-39(15-3-1)61-51-24-11-9-20-44(51)48-32-36(26-29-52(48)61)38-25-28-45-43-19-8-10-23-50(43)62(53(45)34-38)40-16-12-13-35(31-40)37-27-30-54-49(33-37)57-58(63-54)60-56-47-22-7-5-18-42(47)41-17-4-6-21-46(41)55(56)59-57/h1-34H. The highest BCUT2D eigenvalue weighted by atomic mass is 32.1. The van der Waals surface area contributed by atoms with Crippen molar-refractivity contribution in [3.63, 3.8) is 0 Å². The highest BCUT2D eigenvalue weighted by molar-refractivity contribution is 7.25. The second-order valence-corrected chi connectivity index (χ2v) is 17.6. The normalized spacial score (nSPS) is 12.1. The number of benzene rings is 10. The monoisotopic (exact) mass is 818 g/mol. The Labute approximate surface area is 365 Å². The van der Waals surface area contributed by atoms with Crippen LogP contribution in [0.5, 0.6) is 0 Å². The van der Waals surface area contributed by atoms with Crippen molar-refractivity contribution < 1.29 is 0 Å². The first kappa shape index (κ1) is 34.6. The first-order chi connectivity index (χ1) is 31.2. The number of fused-ring (bicyclic) bond motifs is 15. The summed E-state index contributed by atoms with van der Waals surface area (Å²) in [5, 5.41) is 10.8. The van der Waals surface area contributed by atoms with Crippen LogP contribution in [0.4, 0.5) is 0 Å². The van der Waals surface area contributed by atoms with Gasteiger partial charge in [-0.2, -0.15) is 0 Å². The molecule has 10 aromatic carbocycles. The van der Waals surface area contributed by atoms with Crippen LogP contribution in [-0.4, -0.2) is 19.1 Å². The van der Waals surface area contributed by atoms with Gasteiger partial charge in [0.15, 0.2) is 0 Å². The average Bonchev–Trinajstić information content (AvgIpc) is 4.00. The van der Waals surface area contributed by atoms with Gasteiger partial charge in [0.05, 0.1) is 33.1 Å². The number of para-hydroxylation sites is 3. The summed E-state index contributed by atoms with van der Waals surface area (Å²) in [5.41, 5.74) is 14.6. The molecule has 0 fully saturated rings. The topological polar surface area (TPSA) is 35.6 Å². The van der Waals surface area contributed by atoms with Crippen molar-refractivity contribution >= 4 is 108 Å². The molecule has 14 aromatic rings. The van der Waals surface area contributed by atoms with E-state index in [1.807, 2.05) is 0 Å². The van der Waals surface area contributed by atoms with Crippen molar-refractivity contribution in [1.82, 2.24) is 19.1 Å². The van der Waals surface area contributed by atoms with Gasteiger partial charge >= 0.3 is 0 Å². The summed E-state index contributed by atoms with van der Waals surface area (Å²) >= 11 is 1.72. The SMILES string of the molecule is c1ccc(-n2c3ccccc3c3cc(-c4ccc5c6ccccc6n(-c6cccc(-c7ccc8sc9nc%10c%11ccccc%11c%11ccccc%11c%10nc9c8c7)c6)c5c4)ccc32)cc1. The number of hydrogen-bond acceptors (Lipinski definition) is 3. The zero-order valence-electron chi connectivity index (χ0n) is 33.8. The summed E-state index contributed by atoms with van der Waals surface area (Å²) in [6.07, 6.45) is 0. The van der Waals surface area contributed by atoms with Crippen LogP contribution >= 0.6 is 11.3 Å². The zero-order chi connectivity index (χ0) is 41.2. The Kier molecular flexibility index (Phi) is 7.24. The van der Waals surface area contributed by atoms with E-state index in [4.69, 9.17) is 9.97 Å². The van der Waals surface area contributed by atoms with Crippen molar-refractivity contribution in [2.24, 2.45) is 0 Å². The van der Waals surface area contributed by atoms with E-state index in [9.17, 15) is 0 Å². The molecule has 0 aliphatic rings. The summed E-state index contributed by atoms with van der Waals surface area (Å²) in [5.74, 6) is 0. The molecule has 0 aliphatic carbocycles. The molecular weight excluding hydrogens is 785 g/mol. The molecule has 0 aliphatic heterocycles. The maximum absolute atomic E-state index is 5.43. The van der Waals surface area contributed by atoms with Gasteiger partial charge in [0.1, 0.15) is 10.3 Å². The minimum Gasteiger partial charge on any atom is -0.309 e. The van der Waals surface area contributed by atoms with Gasteiger partial charge in [0.25, 0.3) is 0 Å². The highest BCUT2D eigenvalue weighted by Gasteiger charge is 2.19. The number of rotatable bonds is 4. The van der Waals surface area contributed by atoms with Crippen LogP contribution < -0.4 is 0 Å². The van der Waals surface area contributed by atoms with Crippen LogP contribution in [0.2, 0.25) is 0 Å². The van der Waals surface area contributed by atoms with E-state index in [-0.39, 0.29) is 0 Å². The Balaban J connectivity index is 0.917. The Morgan fingerprint density at radius 3 is 1.54 bits per heavy atom. The predicted molar refractivity (Wildman–Crippen MR) is 267 cm³/mol. The van der Waals surface area contributed by atoms with Gasteiger partial charge in [0, 0.05) is 53.8 Å². The fraction of sp³-hybridized carbons (Fsp3) is 0. The van der Waals surface area contributed by atoms with Crippen LogP contribution in [0.1, 0.15) is 0 Å². The molecule has 0 saturated carbocycles. The summed E-state index contributed by atoms with van der Waals surface area (Å²) in [6.45, 7) is 0. The molecule has 14 rings (SSSR count). The fourth-order valence-electron chi connectivity index (χ4n) is 10.2. The van der Waals surface area contributed by atoms with E-state index in [2.05, 4.69) is 215 Å². The minimum absolute atomic E-state index is 0.952. The Hall–Kier alpha value is -8.12. The van der Waals surface area contributed by atoms with Gasteiger partial charge in [0.2, 0.25) is 0 Å². The van der Waals surface area contributed by atoms with E-state index >= 15 is 0 Å². The molecule has 292 valence electrons. The average molecular weight is 819 g/mol. The van der Waals surface area contributed by atoms with Crippen molar-refractivity contribution in [2.75, 3.05) is 0 Å². The number of aromatic nitrogens is 4. The molecular formula is C58H34N4S. The van der Waals surface area contributed by atoms with E-state index in [1.54, 1.807) is 11.3 Å². The quantitative estimate of drug-likeness (QED) is 0.166. The van der Waals surface area contributed by atoms with Crippen LogP contribution in [-0.2, 0) is 0 Å². The van der Waals surface area contributed by atoms with Gasteiger partial charge in [-0.1, -0.05) is 140 Å². The van der Waals surface area contributed by atoms with Crippen LogP contribution in [0.15, 0.2) is 206 Å². The number of nitrogens with zero attached hydrogens (tertiary/aromatic N) is 4. The number of hydrogen-bond donors (Lipinski definition) is 0.